The topological polar surface area (TPSA) is 35.5 Å². The van der Waals surface area contributed by atoms with Crippen molar-refractivity contribution in [1.82, 2.24) is 0 Å². The molecule has 0 bridgehead atoms. The first kappa shape index (κ1) is 13.2. The maximum absolute atomic E-state index is 12.3. The van der Waals surface area contributed by atoms with Gasteiger partial charge in [-0.3, -0.25) is 4.57 Å². The lowest BCUT2D eigenvalue weighted by molar-refractivity contribution is 0.219. The first-order valence-corrected chi connectivity index (χ1v) is 7.91. The second-order valence-electron chi connectivity index (χ2n) is 4.34. The van der Waals surface area contributed by atoms with Gasteiger partial charge in [0.05, 0.1) is 6.61 Å². The molecule has 3 nitrogen and oxygen atoms in total. The molecule has 0 spiro atoms. The highest BCUT2D eigenvalue weighted by Crippen LogP contribution is 2.50. The van der Waals surface area contributed by atoms with Crippen molar-refractivity contribution in [2.24, 2.45) is 5.92 Å². The van der Waals surface area contributed by atoms with Gasteiger partial charge in [-0.05, 0) is 25.7 Å². The highest BCUT2D eigenvalue weighted by Gasteiger charge is 2.28. The van der Waals surface area contributed by atoms with Gasteiger partial charge in [0, 0.05) is 13.3 Å². The van der Waals surface area contributed by atoms with E-state index in [1.165, 1.54) is 32.1 Å². The van der Waals surface area contributed by atoms with Gasteiger partial charge in [0.2, 0.25) is 7.37 Å². The molecule has 1 unspecified atom stereocenters. The van der Waals surface area contributed by atoms with Crippen LogP contribution in [-0.4, -0.2) is 26.2 Å². The average molecular weight is 234 g/mol. The molecule has 1 fully saturated rings. The van der Waals surface area contributed by atoms with Gasteiger partial charge in [-0.25, -0.2) is 0 Å². The molecule has 0 heterocycles. The van der Waals surface area contributed by atoms with Gasteiger partial charge in [-0.2, -0.15) is 0 Å². The smallest absolute Gasteiger partial charge is 0.228 e. The summed E-state index contributed by atoms with van der Waals surface area (Å²) in [5, 5.41) is 0. The Kier molecular flexibility index (Phi) is 5.88. The van der Waals surface area contributed by atoms with E-state index in [4.69, 9.17) is 9.26 Å². The highest BCUT2D eigenvalue weighted by atomic mass is 31.2. The fourth-order valence-corrected chi connectivity index (χ4v) is 4.64. The quantitative estimate of drug-likeness (QED) is 0.660. The van der Waals surface area contributed by atoms with Crippen LogP contribution >= 0.6 is 7.37 Å². The Morgan fingerprint density at radius 2 is 1.93 bits per heavy atom. The molecule has 0 radical (unpaired) electrons. The molecule has 1 aliphatic rings. The van der Waals surface area contributed by atoms with Crippen LogP contribution in [0.3, 0.4) is 0 Å². The number of rotatable bonds is 6. The number of ether oxygens (including phenoxy) is 1. The third-order valence-electron chi connectivity index (χ3n) is 2.95. The van der Waals surface area contributed by atoms with Crippen molar-refractivity contribution in [2.75, 3.05) is 26.2 Å². The standard InChI is InChI=1S/C11H23O3P/c1-3-14-15(12,10-13-2)9-11-7-5-4-6-8-11/h11H,3-10H2,1-2H3. The SMILES string of the molecule is CCOP(=O)(COC)CC1CCCCC1. The summed E-state index contributed by atoms with van der Waals surface area (Å²) in [4.78, 5) is 0. The fourth-order valence-electron chi connectivity index (χ4n) is 2.34. The Labute approximate surface area is 93.0 Å². The Hall–Kier alpha value is 0.150. The second-order valence-corrected chi connectivity index (χ2v) is 6.85. The summed E-state index contributed by atoms with van der Waals surface area (Å²) in [5.41, 5.74) is 0. The first-order chi connectivity index (χ1) is 7.20. The molecule has 1 saturated carbocycles. The Morgan fingerprint density at radius 3 is 2.47 bits per heavy atom. The van der Waals surface area contributed by atoms with Crippen molar-refractivity contribution in [3.63, 3.8) is 0 Å². The van der Waals surface area contributed by atoms with E-state index in [9.17, 15) is 4.57 Å². The molecule has 1 rings (SSSR count). The largest absolute Gasteiger partial charge is 0.375 e. The molecular formula is C11H23O3P. The Bertz CT molecular complexity index is 202. The Morgan fingerprint density at radius 1 is 1.27 bits per heavy atom. The lowest BCUT2D eigenvalue weighted by Crippen LogP contribution is -2.14. The van der Waals surface area contributed by atoms with Gasteiger partial charge in [0.1, 0.15) is 6.35 Å². The van der Waals surface area contributed by atoms with Gasteiger partial charge in [0.25, 0.3) is 0 Å². The van der Waals surface area contributed by atoms with Gasteiger partial charge in [-0.1, -0.05) is 19.3 Å². The van der Waals surface area contributed by atoms with Crippen molar-refractivity contribution in [1.29, 1.82) is 0 Å². The summed E-state index contributed by atoms with van der Waals surface area (Å²) in [6.07, 6.45) is 7.31. The number of hydrogen-bond acceptors (Lipinski definition) is 3. The minimum absolute atomic E-state index is 0.275. The Balaban J connectivity index is 2.45. The van der Waals surface area contributed by atoms with Gasteiger partial charge >= 0.3 is 0 Å². The molecule has 90 valence electrons. The summed E-state index contributed by atoms with van der Waals surface area (Å²) in [5.74, 6) is 0.589. The molecule has 1 aliphatic carbocycles. The van der Waals surface area contributed by atoms with E-state index >= 15 is 0 Å². The lowest BCUT2D eigenvalue weighted by Gasteiger charge is -2.26. The van der Waals surface area contributed by atoms with Crippen LogP contribution < -0.4 is 0 Å². The zero-order valence-corrected chi connectivity index (χ0v) is 10.8. The third-order valence-corrected chi connectivity index (χ3v) is 5.40. The molecular weight excluding hydrogens is 211 g/mol. The highest BCUT2D eigenvalue weighted by molar-refractivity contribution is 7.58. The van der Waals surface area contributed by atoms with E-state index < -0.39 is 7.37 Å². The molecule has 15 heavy (non-hydrogen) atoms. The van der Waals surface area contributed by atoms with Crippen LogP contribution in [0.5, 0.6) is 0 Å². The average Bonchev–Trinajstić information content (AvgIpc) is 2.19. The number of hydrogen-bond donors (Lipinski definition) is 0. The van der Waals surface area contributed by atoms with Crippen molar-refractivity contribution < 1.29 is 13.8 Å². The summed E-state index contributed by atoms with van der Waals surface area (Å²) in [6.45, 7) is 2.41. The summed E-state index contributed by atoms with van der Waals surface area (Å²) in [7, 11) is -0.920. The maximum Gasteiger partial charge on any atom is 0.228 e. The first-order valence-electron chi connectivity index (χ1n) is 5.92. The van der Waals surface area contributed by atoms with Crippen LogP contribution in [0, 0.1) is 5.92 Å². The second kappa shape index (κ2) is 6.67. The van der Waals surface area contributed by atoms with E-state index in [2.05, 4.69) is 0 Å². The summed E-state index contributed by atoms with van der Waals surface area (Å²) in [6, 6.07) is 0. The van der Waals surface area contributed by atoms with E-state index in [-0.39, 0.29) is 6.35 Å². The molecule has 0 aliphatic heterocycles. The van der Waals surface area contributed by atoms with Crippen LogP contribution in [-0.2, 0) is 13.8 Å². The van der Waals surface area contributed by atoms with Crippen LogP contribution in [0.15, 0.2) is 0 Å². The maximum atomic E-state index is 12.3. The summed E-state index contributed by atoms with van der Waals surface area (Å²) < 4.78 is 22.8. The van der Waals surface area contributed by atoms with Gasteiger partial charge in [-0.15, -0.1) is 0 Å². The molecule has 0 amide bonds. The molecule has 1 atom stereocenters. The monoisotopic (exact) mass is 234 g/mol. The van der Waals surface area contributed by atoms with E-state index in [1.807, 2.05) is 6.92 Å². The van der Waals surface area contributed by atoms with Gasteiger partial charge < -0.3 is 9.26 Å². The van der Waals surface area contributed by atoms with Crippen molar-refractivity contribution >= 4 is 7.37 Å². The van der Waals surface area contributed by atoms with Crippen molar-refractivity contribution in [3.8, 4) is 0 Å². The van der Waals surface area contributed by atoms with Crippen LogP contribution in [0.2, 0.25) is 0 Å². The molecule has 0 aromatic heterocycles. The van der Waals surface area contributed by atoms with E-state index in [0.29, 0.717) is 18.7 Å². The van der Waals surface area contributed by atoms with Crippen LogP contribution in [0.4, 0.5) is 0 Å². The van der Waals surface area contributed by atoms with Crippen LogP contribution in [0.25, 0.3) is 0 Å². The van der Waals surface area contributed by atoms with Crippen molar-refractivity contribution in [2.45, 2.75) is 39.0 Å². The minimum Gasteiger partial charge on any atom is -0.375 e. The molecule has 0 aromatic rings. The molecule has 0 aromatic carbocycles. The minimum atomic E-state index is -2.51. The van der Waals surface area contributed by atoms with Crippen molar-refractivity contribution in [3.05, 3.63) is 0 Å². The van der Waals surface area contributed by atoms with E-state index in [0.717, 1.165) is 0 Å². The predicted molar refractivity (Wildman–Crippen MR) is 62.6 cm³/mol. The predicted octanol–water partition coefficient (Wildman–Crippen LogP) is 3.49. The normalized spacial score (nSPS) is 22.5. The van der Waals surface area contributed by atoms with Gasteiger partial charge in [0.15, 0.2) is 0 Å². The third kappa shape index (κ3) is 4.67. The molecule has 0 saturated heterocycles. The van der Waals surface area contributed by atoms with E-state index in [1.54, 1.807) is 7.11 Å². The molecule has 4 heteroatoms. The fraction of sp³-hybridized carbons (Fsp3) is 1.00. The lowest BCUT2D eigenvalue weighted by atomic mass is 9.91. The summed E-state index contributed by atoms with van der Waals surface area (Å²) >= 11 is 0. The zero-order valence-electron chi connectivity index (χ0n) is 9.91. The molecule has 0 N–H and O–H groups in total. The number of methoxy groups -OCH3 is 1. The zero-order chi connectivity index (χ0) is 11.1. The van der Waals surface area contributed by atoms with Crippen LogP contribution in [0.1, 0.15) is 39.0 Å².